The summed E-state index contributed by atoms with van der Waals surface area (Å²) in [6.07, 6.45) is 2.58. The topological polar surface area (TPSA) is 30.5 Å². The molecule has 0 aliphatic carbocycles. The molecule has 0 spiro atoms. The van der Waals surface area contributed by atoms with E-state index in [2.05, 4.69) is 33.0 Å². The van der Waals surface area contributed by atoms with Gasteiger partial charge in [-0.2, -0.15) is 0 Å². The smallest absolute Gasteiger partial charge is 0.0704 e. The average Bonchev–Trinajstić information content (AvgIpc) is 2.23. The van der Waals surface area contributed by atoms with E-state index in [1.165, 1.54) is 6.42 Å². The van der Waals surface area contributed by atoms with Gasteiger partial charge in [-0.3, -0.25) is 0 Å². The molecule has 0 rings (SSSR count). The second-order valence-corrected chi connectivity index (χ2v) is 3.89. The molecule has 0 radical (unpaired) electrons. The van der Waals surface area contributed by atoms with E-state index < -0.39 is 0 Å². The van der Waals surface area contributed by atoms with Crippen LogP contribution in [0, 0.1) is 0 Å². The SMILES string of the molecule is CCCCOCCOC(C)C(C)NCC. The Bertz CT molecular complexity index is 131. The zero-order valence-corrected chi connectivity index (χ0v) is 10.7. The Balaban J connectivity index is 3.26. The number of likely N-dealkylation sites (N-methyl/N-ethyl adjacent to an activating group) is 1. The molecule has 0 saturated carbocycles. The van der Waals surface area contributed by atoms with Crippen molar-refractivity contribution < 1.29 is 9.47 Å². The molecule has 2 atom stereocenters. The summed E-state index contributed by atoms with van der Waals surface area (Å²) in [5.41, 5.74) is 0. The minimum Gasteiger partial charge on any atom is -0.379 e. The van der Waals surface area contributed by atoms with Gasteiger partial charge in [0.05, 0.1) is 19.3 Å². The number of ether oxygens (including phenoxy) is 2. The summed E-state index contributed by atoms with van der Waals surface area (Å²) >= 11 is 0. The number of nitrogens with one attached hydrogen (secondary N) is 1. The van der Waals surface area contributed by atoms with Crippen molar-refractivity contribution in [1.82, 2.24) is 5.32 Å². The monoisotopic (exact) mass is 217 g/mol. The first-order valence-electron chi connectivity index (χ1n) is 6.15. The number of hydrogen-bond acceptors (Lipinski definition) is 3. The molecular weight excluding hydrogens is 190 g/mol. The standard InChI is InChI=1S/C12H27NO2/c1-5-7-8-14-9-10-15-12(4)11(3)13-6-2/h11-13H,5-10H2,1-4H3. The Hall–Kier alpha value is -0.120. The fourth-order valence-corrected chi connectivity index (χ4v) is 1.27. The highest BCUT2D eigenvalue weighted by Gasteiger charge is 2.10. The van der Waals surface area contributed by atoms with Crippen molar-refractivity contribution in [2.24, 2.45) is 0 Å². The van der Waals surface area contributed by atoms with Gasteiger partial charge in [0.25, 0.3) is 0 Å². The molecule has 3 nitrogen and oxygen atoms in total. The van der Waals surface area contributed by atoms with Gasteiger partial charge in [-0.1, -0.05) is 20.3 Å². The van der Waals surface area contributed by atoms with Gasteiger partial charge in [0.1, 0.15) is 0 Å². The summed E-state index contributed by atoms with van der Waals surface area (Å²) in [6, 6.07) is 0.408. The van der Waals surface area contributed by atoms with Crippen molar-refractivity contribution in [2.45, 2.75) is 52.7 Å². The lowest BCUT2D eigenvalue weighted by Gasteiger charge is -2.21. The fraction of sp³-hybridized carbons (Fsp3) is 1.00. The lowest BCUT2D eigenvalue weighted by Crippen LogP contribution is -2.37. The van der Waals surface area contributed by atoms with E-state index in [0.29, 0.717) is 19.3 Å². The van der Waals surface area contributed by atoms with E-state index in [1.807, 2.05) is 0 Å². The largest absolute Gasteiger partial charge is 0.379 e. The van der Waals surface area contributed by atoms with Crippen molar-refractivity contribution in [2.75, 3.05) is 26.4 Å². The molecule has 0 heterocycles. The maximum atomic E-state index is 5.65. The van der Waals surface area contributed by atoms with Crippen molar-refractivity contribution in [3.05, 3.63) is 0 Å². The van der Waals surface area contributed by atoms with Crippen LogP contribution in [-0.2, 0) is 9.47 Å². The zero-order valence-electron chi connectivity index (χ0n) is 10.7. The van der Waals surface area contributed by atoms with Crippen LogP contribution < -0.4 is 5.32 Å². The molecule has 0 aromatic rings. The average molecular weight is 217 g/mol. The fourth-order valence-electron chi connectivity index (χ4n) is 1.27. The lowest BCUT2D eigenvalue weighted by atomic mass is 10.2. The van der Waals surface area contributed by atoms with Gasteiger partial charge in [-0.15, -0.1) is 0 Å². The minimum atomic E-state index is 0.250. The Morgan fingerprint density at radius 3 is 2.40 bits per heavy atom. The Labute approximate surface area is 94.5 Å². The van der Waals surface area contributed by atoms with Gasteiger partial charge < -0.3 is 14.8 Å². The summed E-state index contributed by atoms with van der Waals surface area (Å²) in [7, 11) is 0. The first kappa shape index (κ1) is 14.9. The Morgan fingerprint density at radius 1 is 1.07 bits per heavy atom. The van der Waals surface area contributed by atoms with Crippen LogP contribution in [0.4, 0.5) is 0 Å². The predicted octanol–water partition coefficient (Wildman–Crippen LogP) is 2.21. The van der Waals surface area contributed by atoms with Crippen LogP contribution in [-0.4, -0.2) is 38.5 Å². The quantitative estimate of drug-likeness (QED) is 0.569. The van der Waals surface area contributed by atoms with E-state index in [4.69, 9.17) is 9.47 Å². The third-order valence-electron chi connectivity index (χ3n) is 2.48. The molecule has 92 valence electrons. The highest BCUT2D eigenvalue weighted by molar-refractivity contribution is 4.66. The number of unbranched alkanes of at least 4 members (excludes halogenated alkanes) is 1. The van der Waals surface area contributed by atoms with Gasteiger partial charge >= 0.3 is 0 Å². The van der Waals surface area contributed by atoms with Gasteiger partial charge in [-0.05, 0) is 26.8 Å². The predicted molar refractivity (Wildman–Crippen MR) is 64.3 cm³/mol. The van der Waals surface area contributed by atoms with Crippen LogP contribution in [0.1, 0.15) is 40.5 Å². The number of rotatable bonds is 10. The summed E-state index contributed by atoms with van der Waals surface area (Å²) in [4.78, 5) is 0. The molecule has 0 saturated heterocycles. The van der Waals surface area contributed by atoms with Crippen LogP contribution in [0.25, 0.3) is 0 Å². The van der Waals surface area contributed by atoms with E-state index in [9.17, 15) is 0 Å². The number of hydrogen-bond donors (Lipinski definition) is 1. The first-order valence-corrected chi connectivity index (χ1v) is 6.15. The van der Waals surface area contributed by atoms with Crippen LogP contribution >= 0.6 is 0 Å². The van der Waals surface area contributed by atoms with E-state index in [1.54, 1.807) is 0 Å². The molecule has 0 fully saturated rings. The van der Waals surface area contributed by atoms with Crippen LogP contribution in [0.2, 0.25) is 0 Å². The van der Waals surface area contributed by atoms with E-state index >= 15 is 0 Å². The molecule has 3 heteroatoms. The zero-order chi connectivity index (χ0) is 11.5. The van der Waals surface area contributed by atoms with Crippen molar-refractivity contribution in [3.63, 3.8) is 0 Å². The third-order valence-corrected chi connectivity index (χ3v) is 2.48. The summed E-state index contributed by atoms with van der Waals surface area (Å²) in [6.45, 7) is 11.8. The van der Waals surface area contributed by atoms with Crippen molar-refractivity contribution >= 4 is 0 Å². The van der Waals surface area contributed by atoms with E-state index in [-0.39, 0.29) is 6.10 Å². The van der Waals surface area contributed by atoms with E-state index in [0.717, 1.165) is 19.6 Å². The molecular formula is C12H27NO2. The second kappa shape index (κ2) is 10.4. The second-order valence-electron chi connectivity index (χ2n) is 3.89. The summed E-state index contributed by atoms with van der Waals surface area (Å²) < 4.78 is 11.1. The molecule has 2 unspecified atom stereocenters. The van der Waals surface area contributed by atoms with Crippen LogP contribution in [0.3, 0.4) is 0 Å². The van der Waals surface area contributed by atoms with Crippen molar-refractivity contribution in [1.29, 1.82) is 0 Å². The van der Waals surface area contributed by atoms with Gasteiger partial charge in [0.2, 0.25) is 0 Å². The molecule has 0 aromatic carbocycles. The van der Waals surface area contributed by atoms with Crippen molar-refractivity contribution in [3.8, 4) is 0 Å². The maximum Gasteiger partial charge on any atom is 0.0704 e. The summed E-state index contributed by atoms with van der Waals surface area (Å²) in [5.74, 6) is 0. The third kappa shape index (κ3) is 8.85. The Kier molecular flexibility index (Phi) is 10.3. The van der Waals surface area contributed by atoms with Gasteiger partial charge in [-0.25, -0.2) is 0 Å². The minimum absolute atomic E-state index is 0.250. The molecule has 1 N–H and O–H groups in total. The van der Waals surface area contributed by atoms with Crippen LogP contribution in [0.5, 0.6) is 0 Å². The molecule has 0 bridgehead atoms. The lowest BCUT2D eigenvalue weighted by molar-refractivity contribution is -0.000669. The molecule has 0 aliphatic heterocycles. The highest BCUT2D eigenvalue weighted by atomic mass is 16.5. The maximum absolute atomic E-state index is 5.65. The Morgan fingerprint density at radius 2 is 1.80 bits per heavy atom. The molecule has 0 amide bonds. The summed E-state index contributed by atoms with van der Waals surface area (Å²) in [5, 5.41) is 3.34. The molecule has 0 aromatic heterocycles. The van der Waals surface area contributed by atoms with Gasteiger partial charge in [0.15, 0.2) is 0 Å². The van der Waals surface area contributed by atoms with Crippen LogP contribution in [0.15, 0.2) is 0 Å². The van der Waals surface area contributed by atoms with Gasteiger partial charge in [0, 0.05) is 12.6 Å². The first-order chi connectivity index (χ1) is 7.22. The highest BCUT2D eigenvalue weighted by Crippen LogP contribution is 1.98. The normalized spacial score (nSPS) is 15.2. The molecule has 0 aliphatic rings. The molecule has 15 heavy (non-hydrogen) atoms.